The molecule has 1 aliphatic rings. The van der Waals surface area contributed by atoms with E-state index in [9.17, 15) is 9.18 Å². The number of anilines is 1. The summed E-state index contributed by atoms with van der Waals surface area (Å²) < 4.78 is 24.1. The van der Waals surface area contributed by atoms with Gasteiger partial charge in [0.2, 0.25) is 5.88 Å². The van der Waals surface area contributed by atoms with Crippen LogP contribution in [0.3, 0.4) is 0 Å². The third kappa shape index (κ3) is 4.11. The van der Waals surface area contributed by atoms with Gasteiger partial charge in [0, 0.05) is 43.9 Å². The average Bonchev–Trinajstić information content (AvgIpc) is 2.65. The standard InChI is InChI=1S/C19H22FN3O3/c1-13-15(20)4-3-5-16(13)22-19(24)23-9-8-17-14(12-23)6-7-18(21-17)26-11-10-25-2/h3-7H,8-12H2,1-2H3,(H,22,24). The zero-order valence-corrected chi connectivity index (χ0v) is 14.9. The number of rotatable bonds is 5. The summed E-state index contributed by atoms with van der Waals surface area (Å²) in [5.41, 5.74) is 2.84. The Bertz CT molecular complexity index is 798. The predicted octanol–water partition coefficient (Wildman–Crippen LogP) is 3.14. The van der Waals surface area contributed by atoms with Gasteiger partial charge >= 0.3 is 6.03 Å². The van der Waals surface area contributed by atoms with Crippen LogP contribution < -0.4 is 10.1 Å². The van der Waals surface area contributed by atoms with Crippen molar-refractivity contribution < 1.29 is 18.7 Å². The maximum Gasteiger partial charge on any atom is 0.322 e. The first-order chi connectivity index (χ1) is 12.6. The molecule has 0 saturated carbocycles. The zero-order valence-electron chi connectivity index (χ0n) is 14.9. The van der Waals surface area contributed by atoms with Crippen LogP contribution in [-0.4, -0.2) is 42.8 Å². The number of urea groups is 1. The van der Waals surface area contributed by atoms with Gasteiger partial charge in [0.15, 0.2) is 0 Å². The lowest BCUT2D eigenvalue weighted by atomic mass is 10.1. The highest BCUT2D eigenvalue weighted by Gasteiger charge is 2.22. The van der Waals surface area contributed by atoms with Crippen molar-refractivity contribution in [2.24, 2.45) is 0 Å². The van der Waals surface area contributed by atoms with E-state index < -0.39 is 0 Å². The van der Waals surface area contributed by atoms with Gasteiger partial charge in [-0.15, -0.1) is 0 Å². The molecule has 3 rings (SSSR count). The molecule has 2 heterocycles. The van der Waals surface area contributed by atoms with Crippen LogP contribution in [0, 0.1) is 12.7 Å². The van der Waals surface area contributed by atoms with Gasteiger partial charge in [0.1, 0.15) is 12.4 Å². The number of hydrogen-bond acceptors (Lipinski definition) is 4. The molecule has 7 heteroatoms. The van der Waals surface area contributed by atoms with Crippen molar-refractivity contribution in [3.63, 3.8) is 0 Å². The highest BCUT2D eigenvalue weighted by Crippen LogP contribution is 2.22. The number of ether oxygens (including phenoxy) is 2. The Morgan fingerprint density at radius 3 is 2.96 bits per heavy atom. The van der Waals surface area contributed by atoms with Gasteiger partial charge in [0.25, 0.3) is 0 Å². The number of halogens is 1. The molecule has 0 unspecified atom stereocenters. The minimum Gasteiger partial charge on any atom is -0.475 e. The van der Waals surface area contributed by atoms with Crippen LogP contribution in [0.15, 0.2) is 30.3 Å². The van der Waals surface area contributed by atoms with Crippen molar-refractivity contribution in [2.45, 2.75) is 19.9 Å². The van der Waals surface area contributed by atoms with E-state index in [0.717, 1.165) is 11.3 Å². The number of methoxy groups -OCH3 is 1. The minimum atomic E-state index is -0.336. The van der Waals surface area contributed by atoms with Crippen LogP contribution >= 0.6 is 0 Å². The lowest BCUT2D eigenvalue weighted by Gasteiger charge is -2.28. The first kappa shape index (κ1) is 18.1. The smallest absolute Gasteiger partial charge is 0.322 e. The predicted molar refractivity (Wildman–Crippen MR) is 95.9 cm³/mol. The first-order valence-corrected chi connectivity index (χ1v) is 8.50. The number of aromatic nitrogens is 1. The summed E-state index contributed by atoms with van der Waals surface area (Å²) in [7, 11) is 1.62. The number of amides is 2. The number of carbonyl (C=O) groups is 1. The highest BCUT2D eigenvalue weighted by atomic mass is 19.1. The van der Waals surface area contributed by atoms with Crippen LogP contribution in [0.4, 0.5) is 14.9 Å². The van der Waals surface area contributed by atoms with Gasteiger partial charge in [-0.25, -0.2) is 14.2 Å². The normalized spacial score (nSPS) is 13.3. The van der Waals surface area contributed by atoms with E-state index in [2.05, 4.69) is 10.3 Å². The topological polar surface area (TPSA) is 63.7 Å². The summed E-state index contributed by atoms with van der Waals surface area (Å²) in [5, 5.41) is 2.79. The number of fused-ring (bicyclic) bond motifs is 1. The fourth-order valence-corrected chi connectivity index (χ4v) is 2.82. The van der Waals surface area contributed by atoms with E-state index in [4.69, 9.17) is 9.47 Å². The molecule has 0 fully saturated rings. The van der Waals surface area contributed by atoms with Gasteiger partial charge in [-0.1, -0.05) is 12.1 Å². The van der Waals surface area contributed by atoms with E-state index in [1.165, 1.54) is 6.07 Å². The van der Waals surface area contributed by atoms with Crippen LogP contribution in [0.25, 0.3) is 0 Å². The van der Waals surface area contributed by atoms with E-state index in [-0.39, 0.29) is 11.8 Å². The Kier molecular flexibility index (Phi) is 5.68. The summed E-state index contributed by atoms with van der Waals surface area (Å²) in [6.07, 6.45) is 0.645. The number of hydrogen-bond donors (Lipinski definition) is 1. The van der Waals surface area contributed by atoms with Gasteiger partial charge in [-0.2, -0.15) is 0 Å². The molecule has 0 aliphatic carbocycles. The Morgan fingerprint density at radius 2 is 2.15 bits per heavy atom. The summed E-state index contributed by atoms with van der Waals surface area (Å²) in [4.78, 5) is 18.7. The molecule has 6 nitrogen and oxygen atoms in total. The summed E-state index contributed by atoms with van der Waals surface area (Å²) >= 11 is 0. The molecule has 0 radical (unpaired) electrons. The monoisotopic (exact) mass is 359 g/mol. The molecule has 0 spiro atoms. The molecular formula is C19H22FN3O3. The molecule has 0 saturated heterocycles. The molecule has 1 aliphatic heterocycles. The molecule has 1 N–H and O–H groups in total. The third-order valence-corrected chi connectivity index (χ3v) is 4.36. The van der Waals surface area contributed by atoms with Gasteiger partial charge in [0.05, 0.1) is 12.3 Å². The van der Waals surface area contributed by atoms with Crippen LogP contribution in [0.1, 0.15) is 16.8 Å². The largest absolute Gasteiger partial charge is 0.475 e. The number of nitrogens with zero attached hydrogens (tertiary/aromatic N) is 2. The van der Waals surface area contributed by atoms with E-state index >= 15 is 0 Å². The quantitative estimate of drug-likeness (QED) is 0.833. The van der Waals surface area contributed by atoms with Crippen LogP contribution in [-0.2, 0) is 17.7 Å². The molecule has 0 atom stereocenters. The van der Waals surface area contributed by atoms with Gasteiger partial charge in [-0.3, -0.25) is 0 Å². The fraction of sp³-hybridized carbons (Fsp3) is 0.368. The molecule has 0 bridgehead atoms. The second kappa shape index (κ2) is 8.14. The Labute approximate surface area is 151 Å². The average molecular weight is 359 g/mol. The maximum absolute atomic E-state index is 13.6. The van der Waals surface area contributed by atoms with Crippen molar-refractivity contribution in [3.05, 3.63) is 53.0 Å². The van der Waals surface area contributed by atoms with E-state index in [1.54, 1.807) is 37.1 Å². The zero-order chi connectivity index (χ0) is 18.5. The molecule has 1 aromatic heterocycles. The molecule has 2 amide bonds. The Balaban J connectivity index is 1.64. The number of benzene rings is 1. The van der Waals surface area contributed by atoms with Crippen molar-refractivity contribution in [1.82, 2.24) is 9.88 Å². The lowest BCUT2D eigenvalue weighted by Crippen LogP contribution is -2.39. The SMILES string of the molecule is COCCOc1ccc2c(n1)CCN(C(=O)Nc1cccc(F)c1C)C2. The molecule has 2 aromatic rings. The Hall–Kier alpha value is -2.67. The summed E-state index contributed by atoms with van der Waals surface area (Å²) in [5.74, 6) is 0.228. The molecule has 138 valence electrons. The molecular weight excluding hydrogens is 337 g/mol. The van der Waals surface area contributed by atoms with Crippen molar-refractivity contribution >= 4 is 11.7 Å². The van der Waals surface area contributed by atoms with Crippen molar-refractivity contribution in [1.29, 1.82) is 0 Å². The van der Waals surface area contributed by atoms with E-state index in [1.807, 2.05) is 6.07 Å². The second-order valence-corrected chi connectivity index (χ2v) is 6.11. The van der Waals surface area contributed by atoms with Gasteiger partial charge in [-0.05, 0) is 24.6 Å². The number of nitrogens with one attached hydrogen (secondary N) is 1. The highest BCUT2D eigenvalue weighted by molar-refractivity contribution is 5.90. The lowest BCUT2D eigenvalue weighted by molar-refractivity contribution is 0.143. The number of carbonyl (C=O) groups excluding carboxylic acids is 1. The summed E-state index contributed by atoms with van der Waals surface area (Å²) in [6.45, 7) is 3.60. The van der Waals surface area contributed by atoms with E-state index in [0.29, 0.717) is 49.9 Å². The van der Waals surface area contributed by atoms with Crippen molar-refractivity contribution in [2.75, 3.05) is 32.2 Å². The number of pyridine rings is 1. The van der Waals surface area contributed by atoms with Gasteiger partial charge < -0.3 is 19.7 Å². The molecule has 1 aromatic carbocycles. The fourth-order valence-electron chi connectivity index (χ4n) is 2.82. The minimum absolute atomic E-state index is 0.246. The van der Waals surface area contributed by atoms with Crippen LogP contribution in [0.2, 0.25) is 0 Å². The maximum atomic E-state index is 13.6. The third-order valence-electron chi connectivity index (χ3n) is 4.36. The van der Waals surface area contributed by atoms with Crippen molar-refractivity contribution in [3.8, 4) is 5.88 Å². The second-order valence-electron chi connectivity index (χ2n) is 6.11. The first-order valence-electron chi connectivity index (χ1n) is 8.50. The van der Waals surface area contributed by atoms with Crippen LogP contribution in [0.5, 0.6) is 5.88 Å². The molecule has 26 heavy (non-hydrogen) atoms. The summed E-state index contributed by atoms with van der Waals surface area (Å²) in [6, 6.07) is 8.13. The Morgan fingerprint density at radius 1 is 1.31 bits per heavy atom.